The first-order chi connectivity index (χ1) is 6.81. The molecule has 1 N–H and O–H groups in total. The largest absolute Gasteiger partial charge is 0.465 e. The van der Waals surface area contributed by atoms with Crippen LogP contribution >= 0.6 is 0 Å². The summed E-state index contributed by atoms with van der Waals surface area (Å²) in [7, 11) is 1.63. The van der Waals surface area contributed by atoms with Gasteiger partial charge in [-0.2, -0.15) is 0 Å². The standard InChI is InChI=1S/C9H19NO4/c1-3-14-9(11)8-10-4-5-13-7-6-12-2/h10H,3-8H2,1-2H3. The van der Waals surface area contributed by atoms with Crippen LogP contribution in [-0.2, 0) is 19.0 Å². The van der Waals surface area contributed by atoms with E-state index in [9.17, 15) is 4.79 Å². The van der Waals surface area contributed by atoms with Crippen molar-refractivity contribution < 1.29 is 19.0 Å². The second kappa shape index (κ2) is 10.4. The van der Waals surface area contributed by atoms with Crippen LogP contribution in [-0.4, -0.2) is 52.6 Å². The van der Waals surface area contributed by atoms with Crippen LogP contribution in [0.1, 0.15) is 6.92 Å². The fourth-order valence-corrected chi connectivity index (χ4v) is 0.791. The van der Waals surface area contributed by atoms with Gasteiger partial charge in [-0.25, -0.2) is 0 Å². The van der Waals surface area contributed by atoms with Crippen LogP contribution in [0.15, 0.2) is 0 Å². The van der Waals surface area contributed by atoms with Crippen LogP contribution in [0.3, 0.4) is 0 Å². The van der Waals surface area contributed by atoms with Gasteiger partial charge in [0.2, 0.25) is 0 Å². The lowest BCUT2D eigenvalue weighted by Gasteiger charge is -2.05. The van der Waals surface area contributed by atoms with Crippen molar-refractivity contribution in [2.45, 2.75) is 6.92 Å². The minimum Gasteiger partial charge on any atom is -0.465 e. The maximum absolute atomic E-state index is 10.8. The van der Waals surface area contributed by atoms with Gasteiger partial charge in [0.1, 0.15) is 0 Å². The zero-order chi connectivity index (χ0) is 10.6. The number of methoxy groups -OCH3 is 1. The van der Waals surface area contributed by atoms with Crippen LogP contribution in [0.2, 0.25) is 0 Å². The predicted molar refractivity (Wildman–Crippen MR) is 52.2 cm³/mol. The van der Waals surface area contributed by atoms with Crippen molar-refractivity contribution in [3.05, 3.63) is 0 Å². The Morgan fingerprint density at radius 3 is 2.71 bits per heavy atom. The van der Waals surface area contributed by atoms with E-state index < -0.39 is 0 Å². The molecule has 0 atom stereocenters. The summed E-state index contributed by atoms with van der Waals surface area (Å²) in [6, 6.07) is 0. The summed E-state index contributed by atoms with van der Waals surface area (Å²) < 4.78 is 14.7. The average molecular weight is 205 g/mol. The highest BCUT2D eigenvalue weighted by molar-refractivity contribution is 5.71. The van der Waals surface area contributed by atoms with Crippen LogP contribution in [0, 0.1) is 0 Å². The van der Waals surface area contributed by atoms with E-state index in [1.165, 1.54) is 0 Å². The van der Waals surface area contributed by atoms with E-state index in [1.54, 1.807) is 14.0 Å². The van der Waals surface area contributed by atoms with Gasteiger partial charge < -0.3 is 19.5 Å². The molecule has 0 aliphatic carbocycles. The summed E-state index contributed by atoms with van der Waals surface area (Å²) in [5, 5.41) is 2.91. The fourth-order valence-electron chi connectivity index (χ4n) is 0.791. The Morgan fingerprint density at radius 1 is 1.29 bits per heavy atom. The summed E-state index contributed by atoms with van der Waals surface area (Å²) in [5.41, 5.74) is 0. The summed E-state index contributed by atoms with van der Waals surface area (Å²) in [6.07, 6.45) is 0. The summed E-state index contributed by atoms with van der Waals surface area (Å²) in [4.78, 5) is 10.8. The van der Waals surface area contributed by atoms with Crippen molar-refractivity contribution in [3.63, 3.8) is 0 Å². The molecule has 0 saturated carbocycles. The summed E-state index contributed by atoms with van der Waals surface area (Å²) in [6.45, 7) is 4.83. The molecule has 0 fully saturated rings. The highest BCUT2D eigenvalue weighted by Gasteiger charge is 1.98. The number of esters is 1. The smallest absolute Gasteiger partial charge is 0.319 e. The molecule has 0 aromatic rings. The first-order valence-corrected chi connectivity index (χ1v) is 4.74. The molecule has 0 unspecified atom stereocenters. The van der Waals surface area contributed by atoms with E-state index >= 15 is 0 Å². The highest BCUT2D eigenvalue weighted by Crippen LogP contribution is 1.77. The third kappa shape index (κ3) is 9.44. The first kappa shape index (κ1) is 13.4. The minimum absolute atomic E-state index is 0.232. The van der Waals surface area contributed by atoms with E-state index in [0.29, 0.717) is 33.0 Å². The number of rotatable bonds is 9. The molecular formula is C9H19NO4. The van der Waals surface area contributed by atoms with Gasteiger partial charge in [0, 0.05) is 13.7 Å². The zero-order valence-corrected chi connectivity index (χ0v) is 8.88. The molecule has 0 aromatic carbocycles. The Kier molecular flexibility index (Phi) is 9.95. The molecule has 0 amide bonds. The number of carbonyl (C=O) groups excluding carboxylic acids is 1. The van der Waals surface area contributed by atoms with Gasteiger partial charge in [0.05, 0.1) is 33.0 Å². The third-order valence-electron chi connectivity index (χ3n) is 1.43. The van der Waals surface area contributed by atoms with Crippen molar-refractivity contribution in [1.82, 2.24) is 5.32 Å². The van der Waals surface area contributed by atoms with Gasteiger partial charge in [-0.15, -0.1) is 0 Å². The molecule has 5 nitrogen and oxygen atoms in total. The monoisotopic (exact) mass is 205 g/mol. The lowest BCUT2D eigenvalue weighted by Crippen LogP contribution is -2.28. The number of hydrogen-bond acceptors (Lipinski definition) is 5. The Labute approximate surface area is 84.7 Å². The van der Waals surface area contributed by atoms with Gasteiger partial charge in [-0.1, -0.05) is 0 Å². The molecule has 84 valence electrons. The topological polar surface area (TPSA) is 56.8 Å². The Hall–Kier alpha value is -0.650. The maximum atomic E-state index is 10.8. The molecule has 0 aromatic heterocycles. The molecule has 0 heterocycles. The molecule has 0 bridgehead atoms. The second-order valence-corrected chi connectivity index (χ2v) is 2.59. The maximum Gasteiger partial charge on any atom is 0.319 e. The molecule has 14 heavy (non-hydrogen) atoms. The Morgan fingerprint density at radius 2 is 2.07 bits per heavy atom. The van der Waals surface area contributed by atoms with E-state index in [2.05, 4.69) is 5.32 Å². The van der Waals surface area contributed by atoms with Crippen molar-refractivity contribution in [2.75, 3.05) is 46.6 Å². The van der Waals surface area contributed by atoms with Crippen LogP contribution < -0.4 is 5.32 Å². The van der Waals surface area contributed by atoms with Crippen molar-refractivity contribution in [1.29, 1.82) is 0 Å². The molecule has 0 radical (unpaired) electrons. The summed E-state index contributed by atoms with van der Waals surface area (Å²) in [5.74, 6) is -0.232. The zero-order valence-electron chi connectivity index (χ0n) is 8.88. The van der Waals surface area contributed by atoms with E-state index in [-0.39, 0.29) is 12.5 Å². The molecule has 0 aliphatic rings. The van der Waals surface area contributed by atoms with E-state index in [1.807, 2.05) is 0 Å². The number of ether oxygens (including phenoxy) is 3. The van der Waals surface area contributed by atoms with Gasteiger partial charge >= 0.3 is 5.97 Å². The van der Waals surface area contributed by atoms with Crippen molar-refractivity contribution in [3.8, 4) is 0 Å². The molecule has 0 aliphatic heterocycles. The number of carbonyl (C=O) groups is 1. The quantitative estimate of drug-likeness (QED) is 0.417. The summed E-state index contributed by atoms with van der Waals surface area (Å²) >= 11 is 0. The molecule has 0 rings (SSSR count). The lowest BCUT2D eigenvalue weighted by atomic mass is 10.6. The Balaban J connectivity index is 3.01. The normalized spacial score (nSPS) is 10.1. The van der Waals surface area contributed by atoms with Gasteiger partial charge in [-0.3, -0.25) is 4.79 Å². The minimum atomic E-state index is -0.232. The fraction of sp³-hybridized carbons (Fsp3) is 0.889. The molecule has 5 heteroatoms. The van der Waals surface area contributed by atoms with Gasteiger partial charge in [-0.05, 0) is 6.92 Å². The van der Waals surface area contributed by atoms with E-state index in [4.69, 9.17) is 14.2 Å². The van der Waals surface area contributed by atoms with Gasteiger partial charge in [0.15, 0.2) is 0 Å². The Bertz CT molecular complexity index is 141. The van der Waals surface area contributed by atoms with Crippen LogP contribution in [0.4, 0.5) is 0 Å². The van der Waals surface area contributed by atoms with Crippen molar-refractivity contribution >= 4 is 5.97 Å². The van der Waals surface area contributed by atoms with Crippen molar-refractivity contribution in [2.24, 2.45) is 0 Å². The first-order valence-electron chi connectivity index (χ1n) is 4.74. The number of nitrogens with one attached hydrogen (secondary N) is 1. The highest BCUT2D eigenvalue weighted by atomic mass is 16.5. The predicted octanol–water partition coefficient (Wildman–Crippen LogP) is -0.198. The number of hydrogen-bond donors (Lipinski definition) is 1. The average Bonchev–Trinajstić information content (AvgIpc) is 2.17. The SMILES string of the molecule is CCOC(=O)CNCCOCCOC. The molecular weight excluding hydrogens is 186 g/mol. The van der Waals surface area contributed by atoms with Gasteiger partial charge in [0.25, 0.3) is 0 Å². The second-order valence-electron chi connectivity index (χ2n) is 2.59. The van der Waals surface area contributed by atoms with E-state index in [0.717, 1.165) is 0 Å². The molecule has 0 spiro atoms. The van der Waals surface area contributed by atoms with Crippen LogP contribution in [0.5, 0.6) is 0 Å². The van der Waals surface area contributed by atoms with Crippen LogP contribution in [0.25, 0.3) is 0 Å². The third-order valence-corrected chi connectivity index (χ3v) is 1.43. The molecule has 0 saturated heterocycles. The lowest BCUT2D eigenvalue weighted by molar-refractivity contribution is -0.142.